The zero-order valence-corrected chi connectivity index (χ0v) is 8.00. The molecule has 6 heteroatoms. The molecule has 0 amide bonds. The SMILES string of the molecule is Nc1nnnn1C1CCCCCC1O. The monoisotopic (exact) mass is 197 g/mol. The van der Waals surface area contributed by atoms with E-state index in [9.17, 15) is 5.11 Å². The highest BCUT2D eigenvalue weighted by molar-refractivity contribution is 5.12. The van der Waals surface area contributed by atoms with Gasteiger partial charge in [-0.1, -0.05) is 24.4 Å². The summed E-state index contributed by atoms with van der Waals surface area (Å²) in [6.45, 7) is 0. The molecule has 2 atom stereocenters. The summed E-state index contributed by atoms with van der Waals surface area (Å²) in [5.74, 6) is 0.288. The molecule has 1 saturated carbocycles. The molecule has 1 aliphatic rings. The van der Waals surface area contributed by atoms with Crippen molar-refractivity contribution < 1.29 is 5.11 Å². The molecule has 3 N–H and O–H groups in total. The Morgan fingerprint density at radius 1 is 1.29 bits per heavy atom. The number of rotatable bonds is 1. The molecular weight excluding hydrogens is 182 g/mol. The minimum Gasteiger partial charge on any atom is -0.391 e. The number of aromatic nitrogens is 4. The van der Waals surface area contributed by atoms with Gasteiger partial charge in [-0.2, -0.15) is 0 Å². The van der Waals surface area contributed by atoms with E-state index in [1.807, 2.05) is 0 Å². The van der Waals surface area contributed by atoms with Crippen molar-refractivity contribution in [2.24, 2.45) is 0 Å². The molecule has 0 aliphatic heterocycles. The van der Waals surface area contributed by atoms with Gasteiger partial charge in [0.15, 0.2) is 0 Å². The van der Waals surface area contributed by atoms with Gasteiger partial charge in [-0.3, -0.25) is 0 Å². The van der Waals surface area contributed by atoms with Crippen molar-refractivity contribution in [3.05, 3.63) is 0 Å². The maximum atomic E-state index is 9.87. The molecule has 0 aromatic carbocycles. The van der Waals surface area contributed by atoms with Crippen LogP contribution in [0, 0.1) is 0 Å². The Morgan fingerprint density at radius 3 is 2.79 bits per heavy atom. The lowest BCUT2D eigenvalue weighted by molar-refractivity contribution is 0.0991. The first kappa shape index (κ1) is 9.39. The quantitative estimate of drug-likeness (QED) is 0.624. The highest BCUT2D eigenvalue weighted by Crippen LogP contribution is 2.27. The first-order valence-corrected chi connectivity index (χ1v) is 5.00. The summed E-state index contributed by atoms with van der Waals surface area (Å²) in [7, 11) is 0. The number of aliphatic hydroxyl groups excluding tert-OH is 1. The number of aliphatic hydroxyl groups is 1. The molecule has 1 aliphatic carbocycles. The first-order valence-electron chi connectivity index (χ1n) is 5.00. The molecule has 1 heterocycles. The number of anilines is 1. The number of hydrogen-bond donors (Lipinski definition) is 2. The zero-order chi connectivity index (χ0) is 9.97. The van der Waals surface area contributed by atoms with Crippen LogP contribution in [0.5, 0.6) is 0 Å². The number of hydrogen-bond acceptors (Lipinski definition) is 5. The van der Waals surface area contributed by atoms with Crippen LogP contribution in [-0.4, -0.2) is 31.4 Å². The van der Waals surface area contributed by atoms with Gasteiger partial charge in [0.1, 0.15) is 0 Å². The van der Waals surface area contributed by atoms with Gasteiger partial charge < -0.3 is 10.8 Å². The summed E-state index contributed by atoms with van der Waals surface area (Å²) in [6, 6.07) is -0.0486. The molecule has 1 aromatic rings. The van der Waals surface area contributed by atoms with Gasteiger partial charge in [0.25, 0.3) is 0 Å². The van der Waals surface area contributed by atoms with E-state index >= 15 is 0 Å². The lowest BCUT2D eigenvalue weighted by Gasteiger charge is -2.19. The minimum absolute atomic E-state index is 0.0486. The largest absolute Gasteiger partial charge is 0.391 e. The van der Waals surface area contributed by atoms with Crippen LogP contribution in [0.3, 0.4) is 0 Å². The third-order valence-electron chi connectivity index (χ3n) is 2.78. The molecule has 14 heavy (non-hydrogen) atoms. The second-order valence-electron chi connectivity index (χ2n) is 3.75. The van der Waals surface area contributed by atoms with Gasteiger partial charge in [0.05, 0.1) is 12.1 Å². The van der Waals surface area contributed by atoms with Crippen LogP contribution in [0.15, 0.2) is 0 Å². The summed E-state index contributed by atoms with van der Waals surface area (Å²) in [5.41, 5.74) is 5.60. The maximum absolute atomic E-state index is 9.87. The summed E-state index contributed by atoms with van der Waals surface area (Å²) in [5, 5.41) is 20.8. The van der Waals surface area contributed by atoms with Crippen LogP contribution in [0.1, 0.15) is 38.1 Å². The Labute approximate surface area is 82.1 Å². The number of nitrogen functional groups attached to an aromatic ring is 1. The molecule has 78 valence electrons. The zero-order valence-electron chi connectivity index (χ0n) is 8.00. The Morgan fingerprint density at radius 2 is 2.07 bits per heavy atom. The smallest absolute Gasteiger partial charge is 0.240 e. The van der Waals surface area contributed by atoms with Crippen molar-refractivity contribution >= 4 is 5.95 Å². The minimum atomic E-state index is -0.372. The van der Waals surface area contributed by atoms with Crippen molar-refractivity contribution in [1.82, 2.24) is 20.2 Å². The molecule has 2 unspecified atom stereocenters. The molecule has 1 aromatic heterocycles. The average molecular weight is 197 g/mol. The summed E-state index contributed by atoms with van der Waals surface area (Å²) < 4.78 is 1.54. The van der Waals surface area contributed by atoms with Crippen molar-refractivity contribution in [3.8, 4) is 0 Å². The number of tetrazole rings is 1. The van der Waals surface area contributed by atoms with Gasteiger partial charge in [0.2, 0.25) is 5.95 Å². The van der Waals surface area contributed by atoms with Crippen LogP contribution in [0.2, 0.25) is 0 Å². The van der Waals surface area contributed by atoms with E-state index in [1.54, 1.807) is 0 Å². The van der Waals surface area contributed by atoms with Crippen LogP contribution >= 0.6 is 0 Å². The molecule has 0 spiro atoms. The van der Waals surface area contributed by atoms with Crippen LogP contribution in [-0.2, 0) is 0 Å². The van der Waals surface area contributed by atoms with E-state index in [1.165, 1.54) is 4.68 Å². The third kappa shape index (κ3) is 1.70. The first-order chi connectivity index (χ1) is 6.79. The highest BCUT2D eigenvalue weighted by Gasteiger charge is 2.25. The number of nitrogens with two attached hydrogens (primary N) is 1. The van der Waals surface area contributed by atoms with E-state index < -0.39 is 0 Å². The van der Waals surface area contributed by atoms with E-state index in [-0.39, 0.29) is 18.1 Å². The van der Waals surface area contributed by atoms with Crippen molar-refractivity contribution in [2.75, 3.05) is 5.73 Å². The normalized spacial score (nSPS) is 28.6. The third-order valence-corrected chi connectivity index (χ3v) is 2.78. The fourth-order valence-electron chi connectivity index (χ4n) is 1.99. The van der Waals surface area contributed by atoms with Crippen molar-refractivity contribution in [2.45, 2.75) is 44.2 Å². The average Bonchev–Trinajstić information content (AvgIpc) is 2.46. The summed E-state index contributed by atoms with van der Waals surface area (Å²) in [6.07, 6.45) is 4.67. The van der Waals surface area contributed by atoms with Crippen molar-refractivity contribution in [3.63, 3.8) is 0 Å². The maximum Gasteiger partial charge on any atom is 0.240 e. The Hall–Kier alpha value is -1.17. The van der Waals surface area contributed by atoms with Gasteiger partial charge in [-0.05, 0) is 23.3 Å². The molecule has 0 radical (unpaired) electrons. The molecule has 6 nitrogen and oxygen atoms in total. The van der Waals surface area contributed by atoms with Gasteiger partial charge in [-0.15, -0.1) is 0 Å². The lowest BCUT2D eigenvalue weighted by Crippen LogP contribution is -2.25. The van der Waals surface area contributed by atoms with E-state index in [2.05, 4.69) is 15.5 Å². The second kappa shape index (κ2) is 3.91. The predicted molar refractivity (Wildman–Crippen MR) is 50.4 cm³/mol. The fourth-order valence-corrected chi connectivity index (χ4v) is 1.99. The second-order valence-corrected chi connectivity index (χ2v) is 3.75. The predicted octanol–water partition coefficient (Wildman–Crippen LogP) is 0.121. The topological polar surface area (TPSA) is 89.9 Å². The molecule has 1 fully saturated rings. The molecule has 2 rings (SSSR count). The van der Waals surface area contributed by atoms with Gasteiger partial charge in [-0.25, -0.2) is 4.68 Å². The van der Waals surface area contributed by atoms with Crippen LogP contribution in [0.25, 0.3) is 0 Å². The fraction of sp³-hybridized carbons (Fsp3) is 0.875. The van der Waals surface area contributed by atoms with E-state index in [4.69, 9.17) is 5.73 Å². The summed E-state index contributed by atoms with van der Waals surface area (Å²) >= 11 is 0. The Kier molecular flexibility index (Phi) is 2.62. The van der Waals surface area contributed by atoms with Crippen molar-refractivity contribution in [1.29, 1.82) is 0 Å². The highest BCUT2D eigenvalue weighted by atomic mass is 16.3. The van der Waals surface area contributed by atoms with Gasteiger partial charge >= 0.3 is 0 Å². The standard InChI is InChI=1S/C8H15N5O/c9-8-10-11-12-13(8)6-4-2-1-3-5-7(6)14/h6-7,14H,1-5H2,(H2,9,10,12). The number of nitrogens with zero attached hydrogens (tertiary/aromatic N) is 4. The van der Waals surface area contributed by atoms with E-state index in [0.29, 0.717) is 0 Å². The Balaban J connectivity index is 2.19. The van der Waals surface area contributed by atoms with Gasteiger partial charge in [0, 0.05) is 0 Å². The molecular formula is C8H15N5O. The van der Waals surface area contributed by atoms with Crippen LogP contribution < -0.4 is 5.73 Å². The van der Waals surface area contributed by atoms with E-state index in [0.717, 1.165) is 32.1 Å². The molecule has 0 saturated heterocycles. The lowest BCUT2D eigenvalue weighted by atomic mass is 10.1. The molecule has 0 bridgehead atoms. The summed E-state index contributed by atoms with van der Waals surface area (Å²) in [4.78, 5) is 0. The van der Waals surface area contributed by atoms with Crippen LogP contribution in [0.4, 0.5) is 5.95 Å². The Bertz CT molecular complexity index is 300.